The van der Waals surface area contributed by atoms with Crippen molar-refractivity contribution < 1.29 is 22.0 Å². The lowest BCUT2D eigenvalue weighted by molar-refractivity contribution is 0.0937. The Morgan fingerprint density at radius 3 is 2.85 bits per heavy atom. The Hall–Kier alpha value is -1.22. The molecule has 1 aromatic rings. The largest absolute Gasteiger partial charge is 0.348 e. The molecule has 1 fully saturated rings. The molecule has 110 valence electrons. The lowest BCUT2D eigenvalue weighted by Crippen LogP contribution is -2.35. The highest BCUT2D eigenvalue weighted by Crippen LogP contribution is 2.26. The number of pyridine rings is 1. The first kappa shape index (κ1) is 15.2. The Bertz CT molecular complexity index is 607. The van der Waals surface area contributed by atoms with Gasteiger partial charge in [-0.15, -0.1) is 0 Å². The molecular formula is C11H12F2N2O3S2. The van der Waals surface area contributed by atoms with Crippen LogP contribution in [0, 0.1) is 0 Å². The number of hydrogen-bond donors (Lipinski definition) is 1. The van der Waals surface area contributed by atoms with Gasteiger partial charge in [-0.25, -0.2) is 13.4 Å². The van der Waals surface area contributed by atoms with Crippen LogP contribution in [0.1, 0.15) is 16.8 Å². The standard InChI is InChI=1S/C11H12F2N2O3S2/c12-11(13)19-10-8(2-1-4-14-10)9(16)15-7-3-5-20(17,18)6-7/h1-2,4,7,11H,3,5-6H2,(H,15,16). The summed E-state index contributed by atoms with van der Waals surface area (Å²) in [5.41, 5.74) is 0.0297. The van der Waals surface area contributed by atoms with Crippen molar-refractivity contribution in [2.24, 2.45) is 0 Å². The van der Waals surface area contributed by atoms with Gasteiger partial charge in [0, 0.05) is 12.2 Å². The number of sulfone groups is 1. The summed E-state index contributed by atoms with van der Waals surface area (Å²) in [7, 11) is -3.11. The molecule has 9 heteroatoms. The van der Waals surface area contributed by atoms with Crippen molar-refractivity contribution >= 4 is 27.5 Å². The average molecular weight is 322 g/mol. The summed E-state index contributed by atoms with van der Waals surface area (Å²) in [4.78, 5) is 15.8. The average Bonchev–Trinajstić information content (AvgIpc) is 2.68. The summed E-state index contributed by atoms with van der Waals surface area (Å²) >= 11 is 0.188. The van der Waals surface area contributed by atoms with E-state index in [4.69, 9.17) is 0 Å². The van der Waals surface area contributed by atoms with Crippen LogP contribution in [0.15, 0.2) is 23.4 Å². The molecule has 1 amide bonds. The molecule has 1 aliphatic rings. The summed E-state index contributed by atoms with van der Waals surface area (Å²) in [5, 5.41) is 2.48. The zero-order valence-electron chi connectivity index (χ0n) is 10.3. The second kappa shape index (κ2) is 6.04. The van der Waals surface area contributed by atoms with Crippen LogP contribution < -0.4 is 5.32 Å². The molecule has 2 rings (SSSR count). The molecule has 0 radical (unpaired) electrons. The van der Waals surface area contributed by atoms with Gasteiger partial charge in [0.2, 0.25) is 0 Å². The normalized spacial score (nSPS) is 21.1. The minimum Gasteiger partial charge on any atom is -0.348 e. The van der Waals surface area contributed by atoms with E-state index in [0.717, 1.165) is 0 Å². The van der Waals surface area contributed by atoms with Crippen LogP contribution in [-0.4, -0.2) is 42.6 Å². The Balaban J connectivity index is 2.10. The van der Waals surface area contributed by atoms with Crippen molar-refractivity contribution in [1.82, 2.24) is 10.3 Å². The molecule has 1 unspecified atom stereocenters. The molecule has 0 bridgehead atoms. The minimum atomic E-state index is -3.11. The summed E-state index contributed by atoms with van der Waals surface area (Å²) < 4.78 is 47.4. The van der Waals surface area contributed by atoms with Crippen LogP contribution in [-0.2, 0) is 9.84 Å². The second-order valence-corrected chi connectivity index (χ2v) is 7.52. The number of thioether (sulfide) groups is 1. The molecule has 20 heavy (non-hydrogen) atoms. The van der Waals surface area contributed by atoms with E-state index in [1.165, 1.54) is 18.3 Å². The van der Waals surface area contributed by atoms with E-state index in [2.05, 4.69) is 10.3 Å². The lowest BCUT2D eigenvalue weighted by Gasteiger charge is -2.12. The Labute approximate surface area is 119 Å². The van der Waals surface area contributed by atoms with Gasteiger partial charge in [0.15, 0.2) is 9.84 Å². The van der Waals surface area contributed by atoms with Gasteiger partial charge in [-0.3, -0.25) is 4.79 Å². The van der Waals surface area contributed by atoms with Gasteiger partial charge in [-0.2, -0.15) is 8.78 Å². The Morgan fingerprint density at radius 2 is 2.25 bits per heavy atom. The number of carbonyl (C=O) groups excluding carboxylic acids is 1. The zero-order valence-corrected chi connectivity index (χ0v) is 11.9. The Kier molecular flexibility index (Phi) is 4.59. The molecule has 2 heterocycles. The van der Waals surface area contributed by atoms with E-state index in [-0.39, 0.29) is 33.9 Å². The molecule has 5 nitrogen and oxygen atoms in total. The number of nitrogens with one attached hydrogen (secondary N) is 1. The first-order chi connectivity index (χ1) is 9.37. The van der Waals surface area contributed by atoms with Crippen molar-refractivity contribution in [1.29, 1.82) is 0 Å². The van der Waals surface area contributed by atoms with Gasteiger partial charge in [0.1, 0.15) is 5.03 Å². The molecular weight excluding hydrogens is 310 g/mol. The van der Waals surface area contributed by atoms with Gasteiger partial charge >= 0.3 is 0 Å². The summed E-state index contributed by atoms with van der Waals surface area (Å²) in [6, 6.07) is 2.38. The van der Waals surface area contributed by atoms with E-state index in [9.17, 15) is 22.0 Å². The maximum absolute atomic E-state index is 12.4. The molecule has 1 N–H and O–H groups in total. The maximum Gasteiger partial charge on any atom is 0.290 e. The van der Waals surface area contributed by atoms with Crippen LogP contribution in [0.5, 0.6) is 0 Å². The SMILES string of the molecule is O=C(NC1CCS(=O)(=O)C1)c1cccnc1SC(F)F. The summed E-state index contributed by atoms with van der Waals surface area (Å²) in [6.07, 6.45) is 1.66. The van der Waals surface area contributed by atoms with Crippen LogP contribution in [0.2, 0.25) is 0 Å². The smallest absolute Gasteiger partial charge is 0.290 e. The van der Waals surface area contributed by atoms with Gasteiger partial charge in [0.25, 0.3) is 11.7 Å². The van der Waals surface area contributed by atoms with Gasteiger partial charge in [-0.1, -0.05) is 0 Å². The molecule has 0 aliphatic carbocycles. The van der Waals surface area contributed by atoms with E-state index >= 15 is 0 Å². The highest BCUT2D eigenvalue weighted by Gasteiger charge is 2.29. The van der Waals surface area contributed by atoms with E-state index < -0.39 is 27.5 Å². The first-order valence-electron chi connectivity index (χ1n) is 5.78. The van der Waals surface area contributed by atoms with E-state index in [1.807, 2.05) is 0 Å². The predicted octanol–water partition coefficient (Wildman–Crippen LogP) is 1.31. The number of nitrogens with zero attached hydrogens (tertiary/aromatic N) is 1. The van der Waals surface area contributed by atoms with Gasteiger partial charge in [-0.05, 0) is 30.3 Å². The van der Waals surface area contributed by atoms with Crippen molar-refractivity contribution in [3.05, 3.63) is 23.9 Å². The number of halogens is 2. The van der Waals surface area contributed by atoms with Crippen LogP contribution >= 0.6 is 11.8 Å². The highest BCUT2D eigenvalue weighted by molar-refractivity contribution is 7.99. The fourth-order valence-electron chi connectivity index (χ4n) is 1.91. The zero-order chi connectivity index (χ0) is 14.8. The third kappa shape index (κ3) is 3.89. The molecule has 1 aliphatic heterocycles. The Morgan fingerprint density at radius 1 is 1.50 bits per heavy atom. The molecule has 1 saturated heterocycles. The number of carbonyl (C=O) groups is 1. The third-order valence-electron chi connectivity index (χ3n) is 2.78. The number of amides is 1. The quantitative estimate of drug-likeness (QED) is 0.846. The number of aromatic nitrogens is 1. The topological polar surface area (TPSA) is 76.1 Å². The van der Waals surface area contributed by atoms with Crippen molar-refractivity contribution in [2.45, 2.75) is 23.2 Å². The summed E-state index contributed by atoms with van der Waals surface area (Å²) in [6.45, 7) is 0. The van der Waals surface area contributed by atoms with Crippen molar-refractivity contribution in [3.63, 3.8) is 0 Å². The first-order valence-corrected chi connectivity index (χ1v) is 8.48. The van der Waals surface area contributed by atoms with Gasteiger partial charge < -0.3 is 5.32 Å². The molecule has 1 aromatic heterocycles. The highest BCUT2D eigenvalue weighted by atomic mass is 32.2. The van der Waals surface area contributed by atoms with Crippen LogP contribution in [0.3, 0.4) is 0 Å². The van der Waals surface area contributed by atoms with Crippen molar-refractivity contribution in [3.8, 4) is 0 Å². The fourth-order valence-corrected chi connectivity index (χ4v) is 4.17. The summed E-state index contributed by atoms with van der Waals surface area (Å²) in [5.74, 6) is -3.34. The van der Waals surface area contributed by atoms with E-state index in [0.29, 0.717) is 6.42 Å². The number of rotatable bonds is 4. The number of alkyl halides is 2. The molecule has 1 atom stereocenters. The molecule has 0 spiro atoms. The van der Waals surface area contributed by atoms with Crippen molar-refractivity contribution in [2.75, 3.05) is 11.5 Å². The van der Waals surface area contributed by atoms with Crippen LogP contribution in [0.4, 0.5) is 8.78 Å². The third-order valence-corrected chi connectivity index (χ3v) is 5.28. The minimum absolute atomic E-state index is 0.0297. The van der Waals surface area contributed by atoms with Crippen LogP contribution in [0.25, 0.3) is 0 Å². The molecule has 0 aromatic carbocycles. The maximum atomic E-state index is 12.4. The predicted molar refractivity (Wildman–Crippen MR) is 70.6 cm³/mol. The fraction of sp³-hybridized carbons (Fsp3) is 0.455. The monoisotopic (exact) mass is 322 g/mol. The van der Waals surface area contributed by atoms with Gasteiger partial charge in [0.05, 0.1) is 17.1 Å². The number of hydrogen-bond acceptors (Lipinski definition) is 5. The second-order valence-electron chi connectivity index (χ2n) is 4.31. The lowest BCUT2D eigenvalue weighted by atomic mass is 10.2. The molecule has 0 saturated carbocycles. The van der Waals surface area contributed by atoms with E-state index in [1.54, 1.807) is 0 Å².